The summed E-state index contributed by atoms with van der Waals surface area (Å²) < 4.78 is 11.0. The van der Waals surface area contributed by atoms with Gasteiger partial charge in [0.1, 0.15) is 18.4 Å². The highest BCUT2D eigenvalue weighted by atomic mass is 32.1. The van der Waals surface area contributed by atoms with Crippen molar-refractivity contribution < 1.29 is 23.9 Å². The molecule has 0 unspecified atom stereocenters. The van der Waals surface area contributed by atoms with Gasteiger partial charge in [0.2, 0.25) is 5.91 Å². The number of benzene rings is 3. The van der Waals surface area contributed by atoms with Gasteiger partial charge in [-0.3, -0.25) is 9.59 Å². The van der Waals surface area contributed by atoms with Gasteiger partial charge in [0, 0.05) is 40.7 Å². The number of nitrogens with one attached hydrogen (secondary N) is 1. The number of nitrogens with zero attached hydrogens (tertiary/aromatic N) is 1. The highest BCUT2D eigenvalue weighted by Crippen LogP contribution is 2.22. The van der Waals surface area contributed by atoms with E-state index in [1.807, 2.05) is 79.0 Å². The summed E-state index contributed by atoms with van der Waals surface area (Å²) in [6.07, 6.45) is 4.65. The second-order valence-corrected chi connectivity index (χ2v) is 10.8. The maximum Gasteiger partial charge on any atom is 0.328 e. The first-order valence-electron chi connectivity index (χ1n) is 14.2. The van der Waals surface area contributed by atoms with E-state index in [1.165, 1.54) is 7.11 Å². The van der Waals surface area contributed by atoms with Gasteiger partial charge >= 0.3 is 5.97 Å². The molecule has 0 spiro atoms. The predicted octanol–water partition coefficient (Wildman–Crippen LogP) is 6.51. The Morgan fingerprint density at radius 2 is 1.65 bits per heavy atom. The molecule has 0 aliphatic rings. The lowest BCUT2D eigenvalue weighted by molar-refractivity contribution is -0.141. The van der Waals surface area contributed by atoms with Crippen molar-refractivity contribution in [1.82, 2.24) is 4.90 Å². The number of esters is 1. The van der Waals surface area contributed by atoms with E-state index in [0.717, 1.165) is 16.9 Å². The van der Waals surface area contributed by atoms with E-state index >= 15 is 0 Å². The zero-order valence-corrected chi connectivity index (χ0v) is 25.2. The Labute approximate surface area is 256 Å². The standard InChI is InChI=1S/C35H36N2O5S/c1-3-21-37(33(38)20-19-29-12-9-24-43-29)22-23-42-28-17-15-26(16-18-28)25-32(35(40)41-2)36-31-14-8-7-13-30(31)34(39)27-10-5-4-6-11-27/h4-20,24,32,36H,3,21-23,25H2,1-2H3/b20-19+/t32-/m0/s1. The number of anilines is 1. The average molecular weight is 597 g/mol. The predicted molar refractivity (Wildman–Crippen MR) is 172 cm³/mol. The van der Waals surface area contributed by atoms with E-state index in [-0.39, 0.29) is 11.7 Å². The van der Waals surface area contributed by atoms with Crippen molar-refractivity contribution in [3.8, 4) is 5.75 Å². The quantitative estimate of drug-likeness (QED) is 0.0958. The number of carbonyl (C=O) groups excluding carboxylic acids is 3. The third-order valence-electron chi connectivity index (χ3n) is 6.75. The molecule has 0 radical (unpaired) electrons. The Kier molecular flexibility index (Phi) is 11.7. The fourth-order valence-corrected chi connectivity index (χ4v) is 5.17. The summed E-state index contributed by atoms with van der Waals surface area (Å²) in [6, 6.07) is 26.9. The molecule has 1 amide bonds. The molecule has 1 aromatic heterocycles. The zero-order valence-electron chi connectivity index (χ0n) is 24.4. The number of para-hydroxylation sites is 1. The fraction of sp³-hybridized carbons (Fsp3) is 0.229. The molecule has 0 aliphatic carbocycles. The maximum absolute atomic E-state index is 13.2. The van der Waals surface area contributed by atoms with Gasteiger partial charge in [-0.2, -0.15) is 0 Å². The maximum atomic E-state index is 13.2. The number of hydrogen-bond acceptors (Lipinski definition) is 7. The van der Waals surface area contributed by atoms with Gasteiger partial charge in [-0.25, -0.2) is 4.79 Å². The number of methoxy groups -OCH3 is 1. The first kappa shape index (κ1) is 31.3. The Morgan fingerprint density at radius 3 is 2.35 bits per heavy atom. The highest BCUT2D eigenvalue weighted by molar-refractivity contribution is 7.10. The monoisotopic (exact) mass is 596 g/mol. The summed E-state index contributed by atoms with van der Waals surface area (Å²) in [4.78, 5) is 41.4. The van der Waals surface area contributed by atoms with E-state index < -0.39 is 12.0 Å². The summed E-state index contributed by atoms with van der Waals surface area (Å²) in [7, 11) is 1.35. The Hall–Kier alpha value is -4.69. The topological polar surface area (TPSA) is 84.9 Å². The van der Waals surface area contributed by atoms with Crippen LogP contribution in [-0.4, -0.2) is 55.4 Å². The van der Waals surface area contributed by atoms with Crippen molar-refractivity contribution in [3.63, 3.8) is 0 Å². The smallest absolute Gasteiger partial charge is 0.328 e. The van der Waals surface area contributed by atoms with E-state index in [0.29, 0.717) is 48.7 Å². The molecule has 1 heterocycles. The first-order chi connectivity index (χ1) is 21.0. The van der Waals surface area contributed by atoms with Crippen molar-refractivity contribution in [2.75, 3.05) is 32.1 Å². The first-order valence-corrected chi connectivity index (χ1v) is 15.1. The molecule has 43 heavy (non-hydrogen) atoms. The number of amides is 1. The summed E-state index contributed by atoms with van der Waals surface area (Å²) >= 11 is 1.59. The fourth-order valence-electron chi connectivity index (χ4n) is 4.55. The number of hydrogen-bond donors (Lipinski definition) is 1. The summed E-state index contributed by atoms with van der Waals surface area (Å²) in [5.74, 6) is 0.0633. The van der Waals surface area contributed by atoms with Crippen LogP contribution >= 0.6 is 11.3 Å². The summed E-state index contributed by atoms with van der Waals surface area (Å²) in [5.41, 5.74) is 2.50. The van der Waals surface area contributed by atoms with E-state index in [9.17, 15) is 14.4 Å². The van der Waals surface area contributed by atoms with E-state index in [1.54, 1.807) is 52.6 Å². The van der Waals surface area contributed by atoms with Crippen LogP contribution in [0.1, 0.15) is 39.7 Å². The molecule has 222 valence electrons. The Balaban J connectivity index is 1.36. The largest absolute Gasteiger partial charge is 0.492 e. The van der Waals surface area contributed by atoms with Crippen LogP contribution in [0.5, 0.6) is 5.75 Å². The molecule has 4 aromatic rings. The van der Waals surface area contributed by atoms with Crippen LogP contribution in [0, 0.1) is 0 Å². The van der Waals surface area contributed by atoms with Gasteiger partial charge in [0.15, 0.2) is 5.78 Å². The SMILES string of the molecule is CCCN(CCOc1ccc(C[C@H](Nc2ccccc2C(=O)c2ccccc2)C(=O)OC)cc1)C(=O)/C=C/c1cccs1. The average Bonchev–Trinajstić information content (AvgIpc) is 3.57. The van der Waals surface area contributed by atoms with Crippen molar-refractivity contribution in [2.24, 2.45) is 0 Å². The van der Waals surface area contributed by atoms with Crippen molar-refractivity contribution in [3.05, 3.63) is 124 Å². The van der Waals surface area contributed by atoms with Gasteiger partial charge in [-0.05, 0) is 53.8 Å². The minimum absolute atomic E-state index is 0.0393. The molecule has 4 rings (SSSR count). The molecule has 3 aromatic carbocycles. The normalized spacial score (nSPS) is 11.6. The lowest BCUT2D eigenvalue weighted by Crippen LogP contribution is -2.34. The third-order valence-corrected chi connectivity index (χ3v) is 7.59. The molecule has 8 heteroatoms. The summed E-state index contributed by atoms with van der Waals surface area (Å²) in [6.45, 7) is 3.52. The van der Waals surface area contributed by atoms with Crippen LogP contribution in [0.2, 0.25) is 0 Å². The Bertz CT molecular complexity index is 1500. The highest BCUT2D eigenvalue weighted by Gasteiger charge is 2.22. The van der Waals surface area contributed by atoms with E-state index in [4.69, 9.17) is 9.47 Å². The lowest BCUT2D eigenvalue weighted by atomic mass is 10.00. The van der Waals surface area contributed by atoms with Gasteiger partial charge in [0.25, 0.3) is 0 Å². The van der Waals surface area contributed by atoms with Gasteiger partial charge in [0.05, 0.1) is 13.7 Å². The molecular weight excluding hydrogens is 560 g/mol. The van der Waals surface area contributed by atoms with Crippen molar-refractivity contribution in [1.29, 1.82) is 0 Å². The van der Waals surface area contributed by atoms with Crippen LogP contribution < -0.4 is 10.1 Å². The van der Waals surface area contributed by atoms with Crippen LogP contribution in [-0.2, 0) is 20.7 Å². The number of ketones is 1. The molecule has 0 saturated carbocycles. The number of ether oxygens (including phenoxy) is 2. The number of thiophene rings is 1. The second kappa shape index (κ2) is 16.1. The molecule has 0 saturated heterocycles. The number of carbonyl (C=O) groups is 3. The van der Waals surface area contributed by atoms with Crippen LogP contribution in [0.25, 0.3) is 6.08 Å². The molecule has 0 fully saturated rings. The van der Waals surface area contributed by atoms with Gasteiger partial charge in [-0.15, -0.1) is 11.3 Å². The minimum atomic E-state index is -0.711. The molecule has 0 bridgehead atoms. The van der Waals surface area contributed by atoms with Gasteiger partial charge < -0.3 is 19.7 Å². The molecule has 1 N–H and O–H groups in total. The lowest BCUT2D eigenvalue weighted by Gasteiger charge is -2.21. The third kappa shape index (κ3) is 9.15. The summed E-state index contributed by atoms with van der Waals surface area (Å²) in [5, 5.41) is 5.21. The second-order valence-electron chi connectivity index (χ2n) is 9.83. The van der Waals surface area contributed by atoms with Crippen LogP contribution in [0.4, 0.5) is 5.69 Å². The number of rotatable bonds is 15. The minimum Gasteiger partial charge on any atom is -0.492 e. The van der Waals surface area contributed by atoms with Gasteiger partial charge in [-0.1, -0.05) is 67.6 Å². The van der Waals surface area contributed by atoms with Crippen molar-refractivity contribution >= 4 is 40.8 Å². The molecular formula is C35H36N2O5S. The van der Waals surface area contributed by atoms with Crippen LogP contribution in [0.15, 0.2) is 102 Å². The van der Waals surface area contributed by atoms with Crippen molar-refractivity contribution in [2.45, 2.75) is 25.8 Å². The Morgan fingerprint density at radius 1 is 0.907 bits per heavy atom. The van der Waals surface area contributed by atoms with Crippen LogP contribution in [0.3, 0.4) is 0 Å². The zero-order chi connectivity index (χ0) is 30.4. The molecule has 1 atom stereocenters. The molecule has 7 nitrogen and oxygen atoms in total. The molecule has 0 aliphatic heterocycles. The van der Waals surface area contributed by atoms with E-state index in [2.05, 4.69) is 5.32 Å².